The molecule has 0 saturated heterocycles. The van der Waals surface area contributed by atoms with Crippen LogP contribution < -0.4 is 5.32 Å². The summed E-state index contributed by atoms with van der Waals surface area (Å²) in [7, 11) is -3.44. The molecule has 0 radical (unpaired) electrons. The average Bonchev–Trinajstić information content (AvgIpc) is 3.12. The van der Waals surface area contributed by atoms with Crippen molar-refractivity contribution in [1.29, 1.82) is 0 Å². The van der Waals surface area contributed by atoms with Gasteiger partial charge in [-0.1, -0.05) is 23.7 Å². The first-order chi connectivity index (χ1) is 13.7. The molecule has 1 amide bonds. The molecule has 0 aliphatic rings. The van der Waals surface area contributed by atoms with Gasteiger partial charge in [0.15, 0.2) is 15.0 Å². The van der Waals surface area contributed by atoms with Gasteiger partial charge in [-0.05, 0) is 61.7 Å². The van der Waals surface area contributed by atoms with Gasteiger partial charge in [0, 0.05) is 22.4 Å². The number of aromatic nitrogens is 1. The highest BCUT2D eigenvalue weighted by atomic mass is 35.5. The Morgan fingerprint density at radius 3 is 2.52 bits per heavy atom. The number of hydrogen-bond acceptors (Lipinski definition) is 5. The highest BCUT2D eigenvalue weighted by Crippen LogP contribution is 2.26. The monoisotopic (exact) mass is 448 g/mol. The van der Waals surface area contributed by atoms with Crippen molar-refractivity contribution in [3.05, 3.63) is 64.0 Å². The van der Waals surface area contributed by atoms with Crippen molar-refractivity contribution < 1.29 is 13.2 Å². The van der Waals surface area contributed by atoms with Crippen molar-refractivity contribution in [2.45, 2.75) is 31.6 Å². The van der Waals surface area contributed by atoms with E-state index in [0.717, 1.165) is 11.3 Å². The highest BCUT2D eigenvalue weighted by Gasteiger charge is 2.15. The van der Waals surface area contributed by atoms with Gasteiger partial charge >= 0.3 is 0 Å². The van der Waals surface area contributed by atoms with E-state index in [2.05, 4.69) is 23.3 Å². The standard InChI is InChI=1S/C21H21ClN2O3S2/c1-14-5-6-16(12-15(14)2)19-13-28-21(23-19)24-20(25)4-3-11-29(26,27)18-9-7-17(22)8-10-18/h5-10,12-13H,3-4,11H2,1-2H3,(H,23,24,25). The first-order valence-corrected chi connectivity index (χ1v) is 12.0. The molecule has 1 N–H and O–H groups in total. The summed E-state index contributed by atoms with van der Waals surface area (Å²) in [6.45, 7) is 4.10. The summed E-state index contributed by atoms with van der Waals surface area (Å²) < 4.78 is 24.6. The van der Waals surface area contributed by atoms with Crippen LogP contribution >= 0.6 is 22.9 Å². The van der Waals surface area contributed by atoms with Crippen molar-refractivity contribution >= 4 is 43.8 Å². The second-order valence-electron chi connectivity index (χ2n) is 6.76. The number of hydrogen-bond donors (Lipinski definition) is 1. The van der Waals surface area contributed by atoms with Crippen LogP contribution in [-0.4, -0.2) is 25.1 Å². The maximum Gasteiger partial charge on any atom is 0.226 e. The molecular formula is C21H21ClN2O3S2. The van der Waals surface area contributed by atoms with E-state index in [1.807, 2.05) is 24.4 Å². The molecule has 0 saturated carbocycles. The van der Waals surface area contributed by atoms with Crippen LogP contribution in [-0.2, 0) is 14.6 Å². The number of rotatable bonds is 7. The van der Waals surface area contributed by atoms with Crippen molar-refractivity contribution in [2.24, 2.45) is 0 Å². The Kier molecular flexibility index (Phi) is 6.72. The fraction of sp³-hybridized carbons (Fsp3) is 0.238. The average molecular weight is 449 g/mol. The molecule has 1 heterocycles. The predicted octanol–water partition coefficient (Wildman–Crippen LogP) is 5.27. The molecule has 3 aromatic rings. The van der Waals surface area contributed by atoms with Crippen molar-refractivity contribution in [3.63, 3.8) is 0 Å². The van der Waals surface area contributed by atoms with Gasteiger partial charge in [0.1, 0.15) is 0 Å². The lowest BCUT2D eigenvalue weighted by atomic mass is 10.1. The smallest absolute Gasteiger partial charge is 0.226 e. The van der Waals surface area contributed by atoms with E-state index in [1.165, 1.54) is 46.7 Å². The summed E-state index contributed by atoms with van der Waals surface area (Å²) in [5.74, 6) is -0.356. The van der Waals surface area contributed by atoms with Gasteiger partial charge in [0.2, 0.25) is 5.91 Å². The molecule has 2 aromatic carbocycles. The maximum atomic E-state index is 12.3. The number of aryl methyl sites for hydroxylation is 2. The van der Waals surface area contributed by atoms with E-state index in [4.69, 9.17) is 11.6 Å². The van der Waals surface area contributed by atoms with Gasteiger partial charge in [0.25, 0.3) is 0 Å². The van der Waals surface area contributed by atoms with E-state index in [1.54, 1.807) is 0 Å². The minimum Gasteiger partial charge on any atom is -0.302 e. The van der Waals surface area contributed by atoms with Crippen molar-refractivity contribution in [1.82, 2.24) is 4.98 Å². The number of amides is 1. The zero-order chi connectivity index (χ0) is 21.0. The van der Waals surface area contributed by atoms with Crippen LogP contribution in [0.4, 0.5) is 5.13 Å². The number of carbonyl (C=O) groups is 1. The van der Waals surface area contributed by atoms with Crippen LogP contribution in [0.2, 0.25) is 5.02 Å². The number of carbonyl (C=O) groups excluding carboxylic acids is 1. The molecule has 0 bridgehead atoms. The first-order valence-electron chi connectivity index (χ1n) is 9.06. The second-order valence-corrected chi connectivity index (χ2v) is 10.2. The lowest BCUT2D eigenvalue weighted by molar-refractivity contribution is -0.116. The summed E-state index contributed by atoms with van der Waals surface area (Å²) in [6, 6.07) is 12.1. The molecule has 0 aliphatic heterocycles. The third-order valence-corrected chi connectivity index (χ3v) is 7.37. The van der Waals surface area contributed by atoms with E-state index in [0.29, 0.717) is 10.2 Å². The molecule has 8 heteroatoms. The predicted molar refractivity (Wildman–Crippen MR) is 118 cm³/mol. The fourth-order valence-corrected chi connectivity index (χ4v) is 4.90. The lowest BCUT2D eigenvalue weighted by Crippen LogP contribution is -2.14. The molecule has 0 unspecified atom stereocenters. The quantitative estimate of drug-likeness (QED) is 0.534. The molecule has 0 spiro atoms. The van der Waals surface area contributed by atoms with E-state index in [-0.39, 0.29) is 29.4 Å². The Bertz CT molecular complexity index is 1120. The summed E-state index contributed by atoms with van der Waals surface area (Å²) in [5.41, 5.74) is 4.20. The highest BCUT2D eigenvalue weighted by molar-refractivity contribution is 7.91. The molecule has 152 valence electrons. The number of anilines is 1. The van der Waals surface area contributed by atoms with Crippen LogP contribution in [0.25, 0.3) is 11.3 Å². The Hall–Kier alpha value is -2.22. The number of halogens is 1. The van der Waals surface area contributed by atoms with E-state index >= 15 is 0 Å². The van der Waals surface area contributed by atoms with Crippen LogP contribution in [0.1, 0.15) is 24.0 Å². The number of benzene rings is 2. The van der Waals surface area contributed by atoms with E-state index in [9.17, 15) is 13.2 Å². The summed E-state index contributed by atoms with van der Waals surface area (Å²) in [5, 5.41) is 5.62. The van der Waals surface area contributed by atoms with Gasteiger partial charge in [-0.25, -0.2) is 13.4 Å². The van der Waals surface area contributed by atoms with Gasteiger partial charge in [-0.3, -0.25) is 4.79 Å². The molecule has 0 aliphatic carbocycles. The van der Waals surface area contributed by atoms with Crippen molar-refractivity contribution in [3.8, 4) is 11.3 Å². The Labute approximate surface area is 179 Å². The SMILES string of the molecule is Cc1ccc(-c2csc(NC(=O)CCCS(=O)(=O)c3ccc(Cl)cc3)n2)cc1C. The molecule has 5 nitrogen and oxygen atoms in total. The van der Waals surface area contributed by atoms with Crippen LogP contribution in [0, 0.1) is 13.8 Å². The topological polar surface area (TPSA) is 76.1 Å². The summed E-state index contributed by atoms with van der Waals surface area (Å²) >= 11 is 7.13. The fourth-order valence-electron chi connectivity index (χ4n) is 2.73. The van der Waals surface area contributed by atoms with Crippen LogP contribution in [0.5, 0.6) is 0 Å². The number of nitrogens with one attached hydrogen (secondary N) is 1. The summed E-state index contributed by atoms with van der Waals surface area (Å²) in [4.78, 5) is 16.8. The molecule has 1 aromatic heterocycles. The largest absolute Gasteiger partial charge is 0.302 e. The van der Waals surface area contributed by atoms with Gasteiger partial charge in [-0.2, -0.15) is 0 Å². The zero-order valence-corrected chi connectivity index (χ0v) is 18.5. The zero-order valence-electron chi connectivity index (χ0n) is 16.1. The second kappa shape index (κ2) is 9.07. The Morgan fingerprint density at radius 2 is 1.83 bits per heavy atom. The van der Waals surface area contributed by atoms with Gasteiger partial charge < -0.3 is 5.32 Å². The summed E-state index contributed by atoms with van der Waals surface area (Å²) in [6.07, 6.45) is 0.331. The minimum absolute atomic E-state index is 0.103. The van der Waals surface area contributed by atoms with Crippen LogP contribution in [0.15, 0.2) is 52.7 Å². The maximum absolute atomic E-state index is 12.3. The number of sulfone groups is 1. The lowest BCUT2D eigenvalue weighted by Gasteiger charge is -2.05. The third kappa shape index (κ3) is 5.65. The number of thiazole rings is 1. The minimum atomic E-state index is -3.44. The van der Waals surface area contributed by atoms with E-state index < -0.39 is 9.84 Å². The molecule has 29 heavy (non-hydrogen) atoms. The third-order valence-electron chi connectivity index (χ3n) is 4.54. The molecule has 0 atom stereocenters. The first kappa shape index (κ1) is 21.5. The normalized spacial score (nSPS) is 11.4. The molecule has 0 fully saturated rings. The molecular weight excluding hydrogens is 428 g/mol. The Morgan fingerprint density at radius 1 is 1.10 bits per heavy atom. The Balaban J connectivity index is 1.54. The molecule has 3 rings (SSSR count). The van der Waals surface area contributed by atoms with Gasteiger partial charge in [-0.15, -0.1) is 11.3 Å². The van der Waals surface area contributed by atoms with Gasteiger partial charge in [0.05, 0.1) is 16.3 Å². The number of nitrogens with zero attached hydrogens (tertiary/aromatic N) is 1. The van der Waals surface area contributed by atoms with Crippen LogP contribution in [0.3, 0.4) is 0 Å². The van der Waals surface area contributed by atoms with Crippen molar-refractivity contribution in [2.75, 3.05) is 11.1 Å².